The molecule has 0 fully saturated rings. The van der Waals surface area contributed by atoms with Crippen molar-refractivity contribution in [3.63, 3.8) is 0 Å². The second-order valence-electron chi connectivity index (χ2n) is 3.29. The number of nitrogens with one attached hydrogen (secondary N) is 4. The number of anilines is 1. The monoisotopic (exact) mass is 218 g/mol. The lowest BCUT2D eigenvalue weighted by Gasteiger charge is -2.03. The first-order valence-electron chi connectivity index (χ1n) is 5.28. The zero-order valence-corrected chi connectivity index (χ0v) is 9.46. The van der Waals surface area contributed by atoms with Crippen molar-refractivity contribution >= 4 is 11.5 Å². The van der Waals surface area contributed by atoms with Crippen LogP contribution in [0.5, 0.6) is 0 Å². The van der Waals surface area contributed by atoms with Gasteiger partial charge in [-0.15, -0.1) is 0 Å². The minimum Gasteiger partial charge on any atom is -0.369 e. The summed E-state index contributed by atoms with van der Waals surface area (Å²) < 4.78 is 0. The highest BCUT2D eigenvalue weighted by Crippen LogP contribution is 2.03. The van der Waals surface area contributed by atoms with E-state index in [0.717, 1.165) is 18.8 Å². The third-order valence-electron chi connectivity index (χ3n) is 1.96. The summed E-state index contributed by atoms with van der Waals surface area (Å²) in [6.45, 7) is 1.60. The summed E-state index contributed by atoms with van der Waals surface area (Å²) in [6.07, 6.45) is 3.45. The summed E-state index contributed by atoms with van der Waals surface area (Å²) in [4.78, 5) is 0. The molecule has 0 heterocycles. The van der Waals surface area contributed by atoms with Crippen LogP contribution in [0.15, 0.2) is 42.6 Å². The Morgan fingerprint density at radius 3 is 2.69 bits per heavy atom. The van der Waals surface area contributed by atoms with Crippen LogP contribution in [0.4, 0.5) is 5.69 Å². The van der Waals surface area contributed by atoms with Crippen molar-refractivity contribution in [2.24, 2.45) is 0 Å². The minimum atomic E-state index is 0.402. The molecular formula is C12H18N4. The van der Waals surface area contributed by atoms with E-state index in [2.05, 4.69) is 16.0 Å². The van der Waals surface area contributed by atoms with Gasteiger partial charge in [0.1, 0.15) is 5.84 Å². The zero-order valence-electron chi connectivity index (χ0n) is 9.46. The number of likely N-dealkylation sites (N-methyl/N-ethyl adjacent to an activating group) is 1. The van der Waals surface area contributed by atoms with Crippen LogP contribution in [0.2, 0.25) is 0 Å². The first-order chi connectivity index (χ1) is 7.83. The molecule has 1 rings (SSSR count). The number of hydrogen-bond donors (Lipinski definition) is 4. The van der Waals surface area contributed by atoms with E-state index >= 15 is 0 Å². The fourth-order valence-corrected chi connectivity index (χ4v) is 1.14. The molecule has 86 valence electrons. The van der Waals surface area contributed by atoms with Crippen LogP contribution in [-0.4, -0.2) is 26.0 Å². The molecule has 0 aliphatic heterocycles. The van der Waals surface area contributed by atoms with Gasteiger partial charge in [-0.05, 0) is 25.3 Å². The Morgan fingerprint density at radius 1 is 1.25 bits per heavy atom. The quantitative estimate of drug-likeness (QED) is 0.331. The molecular weight excluding hydrogens is 200 g/mol. The van der Waals surface area contributed by atoms with Gasteiger partial charge in [-0.1, -0.05) is 18.2 Å². The van der Waals surface area contributed by atoms with Crippen LogP contribution in [0.1, 0.15) is 0 Å². The molecule has 0 atom stereocenters. The van der Waals surface area contributed by atoms with Gasteiger partial charge in [0.05, 0.1) is 0 Å². The molecule has 4 heteroatoms. The van der Waals surface area contributed by atoms with E-state index in [0.29, 0.717) is 5.84 Å². The normalized spacial score (nSPS) is 10.3. The van der Waals surface area contributed by atoms with Crippen molar-refractivity contribution in [2.45, 2.75) is 0 Å². The van der Waals surface area contributed by atoms with Gasteiger partial charge in [0.15, 0.2) is 0 Å². The van der Waals surface area contributed by atoms with Gasteiger partial charge < -0.3 is 16.0 Å². The Labute approximate surface area is 96.3 Å². The molecule has 4 nitrogen and oxygen atoms in total. The van der Waals surface area contributed by atoms with Crippen LogP contribution in [0, 0.1) is 5.41 Å². The van der Waals surface area contributed by atoms with Crippen molar-refractivity contribution in [2.75, 3.05) is 25.5 Å². The van der Waals surface area contributed by atoms with Crippen molar-refractivity contribution < 1.29 is 0 Å². The summed E-state index contributed by atoms with van der Waals surface area (Å²) in [6, 6.07) is 9.85. The lowest BCUT2D eigenvalue weighted by molar-refractivity contribution is 0.757. The summed E-state index contributed by atoms with van der Waals surface area (Å²) in [5.74, 6) is 0.402. The summed E-state index contributed by atoms with van der Waals surface area (Å²) in [5.41, 5.74) is 1.02. The standard InChI is InChI=1S/C12H18N4/c1-14-9-10-16-12(13)7-8-15-11-5-3-2-4-6-11/h2-8,14-15H,9-10H2,1H3,(H2,13,16)/b8-7-. The third-order valence-corrected chi connectivity index (χ3v) is 1.96. The van der Waals surface area contributed by atoms with E-state index < -0.39 is 0 Å². The molecule has 4 N–H and O–H groups in total. The molecule has 1 aromatic rings. The summed E-state index contributed by atoms with van der Waals surface area (Å²) in [7, 11) is 1.89. The topological polar surface area (TPSA) is 59.9 Å². The fraction of sp³-hybridized carbons (Fsp3) is 0.250. The maximum Gasteiger partial charge on any atom is 0.119 e. The van der Waals surface area contributed by atoms with Gasteiger partial charge in [0.25, 0.3) is 0 Å². The molecule has 16 heavy (non-hydrogen) atoms. The van der Waals surface area contributed by atoms with Crippen LogP contribution in [-0.2, 0) is 0 Å². The third kappa shape index (κ3) is 5.17. The fourth-order valence-electron chi connectivity index (χ4n) is 1.14. The van der Waals surface area contributed by atoms with Gasteiger partial charge in [-0.3, -0.25) is 5.41 Å². The molecule has 0 aromatic heterocycles. The smallest absolute Gasteiger partial charge is 0.119 e. The molecule has 0 saturated carbocycles. The Kier molecular flexibility index (Phi) is 5.73. The van der Waals surface area contributed by atoms with Gasteiger partial charge in [-0.25, -0.2) is 0 Å². The molecule has 0 saturated heterocycles. The maximum atomic E-state index is 7.57. The van der Waals surface area contributed by atoms with Crippen molar-refractivity contribution in [1.29, 1.82) is 5.41 Å². The number of amidine groups is 1. The number of para-hydroxylation sites is 1. The highest BCUT2D eigenvalue weighted by molar-refractivity contribution is 5.90. The molecule has 0 aliphatic rings. The van der Waals surface area contributed by atoms with Crippen LogP contribution in [0.3, 0.4) is 0 Å². The largest absolute Gasteiger partial charge is 0.369 e. The molecule has 0 radical (unpaired) electrons. The Balaban J connectivity index is 2.24. The average Bonchev–Trinajstić information content (AvgIpc) is 2.31. The van der Waals surface area contributed by atoms with Crippen LogP contribution < -0.4 is 16.0 Å². The van der Waals surface area contributed by atoms with Gasteiger partial charge in [0, 0.05) is 25.0 Å². The van der Waals surface area contributed by atoms with E-state index in [1.807, 2.05) is 37.4 Å². The van der Waals surface area contributed by atoms with Gasteiger partial charge in [0.2, 0.25) is 0 Å². The van der Waals surface area contributed by atoms with Crippen molar-refractivity contribution in [1.82, 2.24) is 10.6 Å². The molecule has 0 bridgehead atoms. The van der Waals surface area contributed by atoms with E-state index in [1.165, 1.54) is 0 Å². The lowest BCUT2D eigenvalue weighted by Crippen LogP contribution is -2.28. The second kappa shape index (κ2) is 7.48. The number of hydrogen-bond acceptors (Lipinski definition) is 3. The first-order valence-corrected chi connectivity index (χ1v) is 5.28. The zero-order chi connectivity index (χ0) is 11.6. The predicted octanol–water partition coefficient (Wildman–Crippen LogP) is 1.40. The van der Waals surface area contributed by atoms with E-state index in [-0.39, 0.29) is 0 Å². The van der Waals surface area contributed by atoms with E-state index in [1.54, 1.807) is 12.3 Å². The molecule has 0 aliphatic carbocycles. The highest BCUT2D eigenvalue weighted by atomic mass is 15.0. The van der Waals surface area contributed by atoms with Gasteiger partial charge >= 0.3 is 0 Å². The predicted molar refractivity (Wildman–Crippen MR) is 68.9 cm³/mol. The Hall–Kier alpha value is -1.81. The van der Waals surface area contributed by atoms with Crippen molar-refractivity contribution in [3.05, 3.63) is 42.6 Å². The van der Waals surface area contributed by atoms with Gasteiger partial charge in [-0.2, -0.15) is 0 Å². The second-order valence-corrected chi connectivity index (χ2v) is 3.29. The number of rotatable bonds is 6. The molecule has 0 unspecified atom stereocenters. The summed E-state index contributed by atoms with van der Waals surface area (Å²) in [5, 5.41) is 16.6. The Morgan fingerprint density at radius 2 is 2.00 bits per heavy atom. The minimum absolute atomic E-state index is 0.402. The van der Waals surface area contributed by atoms with Crippen LogP contribution >= 0.6 is 0 Å². The van der Waals surface area contributed by atoms with E-state index in [9.17, 15) is 0 Å². The number of benzene rings is 1. The maximum absolute atomic E-state index is 7.57. The summed E-state index contributed by atoms with van der Waals surface area (Å²) >= 11 is 0. The van der Waals surface area contributed by atoms with E-state index in [4.69, 9.17) is 5.41 Å². The SMILES string of the molecule is CNCCNC(=N)/C=C\Nc1ccccc1. The average molecular weight is 218 g/mol. The first kappa shape index (κ1) is 12.3. The molecule has 1 aromatic carbocycles. The Bertz CT molecular complexity index is 332. The molecule has 0 amide bonds. The van der Waals surface area contributed by atoms with Crippen LogP contribution in [0.25, 0.3) is 0 Å². The molecule has 0 spiro atoms. The lowest BCUT2D eigenvalue weighted by atomic mass is 10.3. The highest BCUT2D eigenvalue weighted by Gasteiger charge is 1.88. The van der Waals surface area contributed by atoms with Crippen molar-refractivity contribution in [3.8, 4) is 0 Å².